The van der Waals surface area contributed by atoms with Gasteiger partial charge in [-0.05, 0) is 55.9 Å². The molecule has 24 heavy (non-hydrogen) atoms. The fraction of sp³-hybridized carbons (Fsp3) is 0.565. The van der Waals surface area contributed by atoms with Crippen LogP contribution >= 0.6 is 0 Å². The van der Waals surface area contributed by atoms with Gasteiger partial charge in [0.2, 0.25) is 0 Å². The van der Waals surface area contributed by atoms with E-state index in [1.165, 1.54) is 22.3 Å². The van der Waals surface area contributed by atoms with E-state index in [1.807, 2.05) is 0 Å². The number of aryl methyl sites for hydroxylation is 2. The number of benzene rings is 1. The second kappa shape index (κ2) is 6.67. The summed E-state index contributed by atoms with van der Waals surface area (Å²) in [6.45, 7) is 21.6. The van der Waals surface area contributed by atoms with E-state index < -0.39 is 8.07 Å². The van der Waals surface area contributed by atoms with Crippen LogP contribution in [0.15, 0.2) is 41.0 Å². The van der Waals surface area contributed by atoms with Crippen molar-refractivity contribution in [2.45, 2.75) is 85.4 Å². The van der Waals surface area contributed by atoms with Gasteiger partial charge in [-0.2, -0.15) is 0 Å². The molecule has 1 aromatic carbocycles. The SMILES string of the molecule is CCc1cc(CC)cc([Si](C)(C(C)C)C2(C)C=C(C)C(C)=C2C)c1. The van der Waals surface area contributed by atoms with Crippen molar-refractivity contribution in [3.05, 3.63) is 52.1 Å². The van der Waals surface area contributed by atoms with Crippen LogP contribution in [0.3, 0.4) is 0 Å². The zero-order valence-corrected chi connectivity index (χ0v) is 18.3. The smallest absolute Gasteiger partial charge is 0.0737 e. The zero-order valence-electron chi connectivity index (χ0n) is 17.3. The molecule has 0 fully saturated rings. The molecule has 0 heterocycles. The standard InChI is InChI=1S/C23H36Si/c1-10-20-12-21(11-2)14-22(13-20)24(9,16(3)4)23(8)15-17(5)18(6)19(23)7/h12-16H,10-11H2,1-9H3. The number of rotatable bonds is 5. The van der Waals surface area contributed by atoms with Gasteiger partial charge >= 0.3 is 0 Å². The third-order valence-electron chi connectivity index (χ3n) is 7.14. The van der Waals surface area contributed by atoms with Gasteiger partial charge < -0.3 is 0 Å². The summed E-state index contributed by atoms with van der Waals surface area (Å²) in [7, 11) is -1.77. The maximum absolute atomic E-state index is 2.62. The molecule has 0 spiro atoms. The van der Waals surface area contributed by atoms with Crippen LogP contribution in [0.2, 0.25) is 17.1 Å². The van der Waals surface area contributed by atoms with Gasteiger partial charge in [-0.15, -0.1) is 0 Å². The minimum Gasteiger partial charge on any atom is -0.0737 e. The van der Waals surface area contributed by atoms with Crippen molar-refractivity contribution >= 4 is 13.3 Å². The van der Waals surface area contributed by atoms with Gasteiger partial charge in [0.25, 0.3) is 0 Å². The van der Waals surface area contributed by atoms with Crippen LogP contribution in [-0.4, -0.2) is 8.07 Å². The molecule has 0 radical (unpaired) electrons. The highest BCUT2D eigenvalue weighted by atomic mass is 28.3. The summed E-state index contributed by atoms with van der Waals surface area (Å²) in [4.78, 5) is 0. The summed E-state index contributed by atoms with van der Waals surface area (Å²) < 4.78 is 0. The van der Waals surface area contributed by atoms with Crippen LogP contribution < -0.4 is 5.19 Å². The summed E-state index contributed by atoms with van der Waals surface area (Å²) in [6.07, 6.45) is 4.85. The molecular formula is C23H36Si. The van der Waals surface area contributed by atoms with Crippen LogP contribution in [0.25, 0.3) is 0 Å². The Bertz CT molecular complexity index is 670. The van der Waals surface area contributed by atoms with Crippen molar-refractivity contribution < 1.29 is 0 Å². The Hall–Kier alpha value is -1.08. The molecule has 1 aromatic rings. The number of hydrogen-bond acceptors (Lipinski definition) is 0. The largest absolute Gasteiger partial charge is 0.100 e. The third kappa shape index (κ3) is 2.75. The van der Waals surface area contributed by atoms with Gasteiger partial charge in [-0.1, -0.05) is 81.8 Å². The molecule has 1 aliphatic rings. The van der Waals surface area contributed by atoms with Crippen molar-refractivity contribution in [2.24, 2.45) is 0 Å². The lowest BCUT2D eigenvalue weighted by atomic mass is 10.0. The quantitative estimate of drug-likeness (QED) is 0.532. The van der Waals surface area contributed by atoms with E-state index in [4.69, 9.17) is 0 Å². The number of allylic oxidation sites excluding steroid dienone is 4. The molecule has 132 valence electrons. The molecule has 0 N–H and O–H groups in total. The van der Waals surface area contributed by atoms with Crippen LogP contribution in [-0.2, 0) is 12.8 Å². The predicted molar refractivity (Wildman–Crippen MR) is 112 cm³/mol. The zero-order chi connectivity index (χ0) is 18.3. The summed E-state index contributed by atoms with van der Waals surface area (Å²) in [5.74, 6) is 0. The maximum Gasteiger partial charge on any atom is 0.100 e. The molecule has 0 aromatic heterocycles. The predicted octanol–water partition coefficient (Wildman–Crippen LogP) is 6.56. The van der Waals surface area contributed by atoms with Crippen LogP contribution in [0.5, 0.6) is 0 Å². The van der Waals surface area contributed by atoms with Gasteiger partial charge in [0.05, 0.1) is 0 Å². The first-order valence-corrected chi connectivity index (χ1v) is 12.2. The molecule has 2 unspecified atom stereocenters. The van der Waals surface area contributed by atoms with Crippen LogP contribution in [0.1, 0.15) is 66.5 Å². The molecule has 0 amide bonds. The summed E-state index contributed by atoms with van der Waals surface area (Å²) in [5, 5.41) is 1.86. The lowest BCUT2D eigenvalue weighted by Gasteiger charge is -2.47. The topological polar surface area (TPSA) is 0 Å². The van der Waals surface area contributed by atoms with E-state index in [1.54, 1.807) is 10.8 Å². The van der Waals surface area contributed by atoms with Gasteiger partial charge in [0, 0.05) is 5.04 Å². The highest BCUT2D eigenvalue weighted by molar-refractivity contribution is 6.95. The summed E-state index contributed by atoms with van der Waals surface area (Å²) >= 11 is 0. The van der Waals surface area contributed by atoms with Gasteiger partial charge in [0.15, 0.2) is 0 Å². The highest BCUT2D eigenvalue weighted by Crippen LogP contribution is 2.56. The Morgan fingerprint density at radius 2 is 1.46 bits per heavy atom. The maximum atomic E-state index is 2.62. The highest BCUT2D eigenvalue weighted by Gasteiger charge is 2.51. The minimum absolute atomic E-state index is 0.215. The molecule has 0 saturated heterocycles. The van der Waals surface area contributed by atoms with E-state index in [0.717, 1.165) is 12.8 Å². The van der Waals surface area contributed by atoms with Gasteiger partial charge in [0.1, 0.15) is 8.07 Å². The van der Waals surface area contributed by atoms with Crippen molar-refractivity contribution in [1.82, 2.24) is 0 Å². The average molecular weight is 341 g/mol. The van der Waals surface area contributed by atoms with Crippen LogP contribution in [0, 0.1) is 0 Å². The Morgan fingerprint density at radius 1 is 0.958 bits per heavy atom. The third-order valence-corrected chi connectivity index (χ3v) is 13.6. The molecule has 1 aliphatic carbocycles. The van der Waals surface area contributed by atoms with Crippen molar-refractivity contribution in [2.75, 3.05) is 0 Å². The van der Waals surface area contributed by atoms with E-state index in [-0.39, 0.29) is 5.04 Å². The van der Waals surface area contributed by atoms with E-state index in [0.29, 0.717) is 5.54 Å². The average Bonchev–Trinajstić information content (AvgIpc) is 2.77. The molecule has 0 bridgehead atoms. The van der Waals surface area contributed by atoms with Crippen molar-refractivity contribution in [1.29, 1.82) is 0 Å². The fourth-order valence-electron chi connectivity index (χ4n) is 4.58. The lowest BCUT2D eigenvalue weighted by molar-refractivity contribution is 0.811. The Balaban J connectivity index is 2.75. The Kier molecular flexibility index (Phi) is 5.35. The molecule has 2 rings (SSSR count). The summed E-state index contributed by atoms with van der Waals surface area (Å²) in [5.41, 5.74) is 8.30. The van der Waals surface area contributed by atoms with Gasteiger partial charge in [-0.25, -0.2) is 0 Å². The minimum atomic E-state index is -1.77. The molecule has 1 heteroatoms. The van der Waals surface area contributed by atoms with Crippen molar-refractivity contribution in [3.8, 4) is 0 Å². The van der Waals surface area contributed by atoms with E-state index in [9.17, 15) is 0 Å². The Labute approximate surface area is 151 Å². The Morgan fingerprint density at radius 3 is 1.79 bits per heavy atom. The van der Waals surface area contributed by atoms with Crippen LogP contribution in [0.4, 0.5) is 0 Å². The lowest BCUT2D eigenvalue weighted by Crippen LogP contribution is -2.56. The first-order valence-electron chi connectivity index (χ1n) is 9.62. The molecular weight excluding hydrogens is 304 g/mol. The first kappa shape index (κ1) is 19.2. The second-order valence-electron chi connectivity index (χ2n) is 8.38. The molecule has 0 saturated carbocycles. The molecule has 0 aliphatic heterocycles. The molecule has 2 atom stereocenters. The van der Waals surface area contributed by atoms with E-state index >= 15 is 0 Å². The van der Waals surface area contributed by atoms with E-state index in [2.05, 4.69) is 86.2 Å². The van der Waals surface area contributed by atoms with Crippen molar-refractivity contribution in [3.63, 3.8) is 0 Å². The van der Waals surface area contributed by atoms with Gasteiger partial charge in [-0.3, -0.25) is 0 Å². The number of hydrogen-bond donors (Lipinski definition) is 0. The fourth-order valence-corrected chi connectivity index (χ4v) is 9.50. The molecule has 0 nitrogen and oxygen atoms in total. The monoisotopic (exact) mass is 340 g/mol. The summed E-state index contributed by atoms with van der Waals surface area (Å²) in [6, 6.07) is 7.46. The first-order chi connectivity index (χ1) is 11.1. The second-order valence-corrected chi connectivity index (χ2v) is 13.6. The normalized spacial score (nSPS) is 23.7.